The van der Waals surface area contributed by atoms with Gasteiger partial charge in [0.15, 0.2) is 10.7 Å². The highest BCUT2D eigenvalue weighted by atomic mass is 32.2. The Bertz CT molecular complexity index is 202. The van der Waals surface area contributed by atoms with Crippen molar-refractivity contribution in [2.45, 2.75) is 25.2 Å². The Labute approximate surface area is 72.3 Å². The second-order valence-corrected chi connectivity index (χ2v) is 3.24. The van der Waals surface area contributed by atoms with Gasteiger partial charge < -0.3 is 9.84 Å². The van der Waals surface area contributed by atoms with Crippen LogP contribution in [-0.4, -0.2) is 31.5 Å². The quantitative estimate of drug-likeness (QED) is 0.447. The maximum atomic E-state index is 10.6. The van der Waals surface area contributed by atoms with E-state index in [1.54, 1.807) is 6.92 Å². The van der Waals surface area contributed by atoms with E-state index >= 15 is 0 Å². The van der Waals surface area contributed by atoms with Crippen LogP contribution in [0.1, 0.15) is 19.8 Å². The van der Waals surface area contributed by atoms with Crippen molar-refractivity contribution in [2.75, 3.05) is 6.61 Å². The fraction of sp³-hybridized carbons (Fsp3) is 0.833. The molecule has 0 saturated heterocycles. The van der Waals surface area contributed by atoms with Crippen LogP contribution in [0.15, 0.2) is 0 Å². The molecular weight excluding hydrogens is 184 g/mol. The van der Waals surface area contributed by atoms with Crippen molar-refractivity contribution in [3.63, 3.8) is 0 Å². The number of esters is 1. The molecule has 0 rings (SSSR count). The van der Waals surface area contributed by atoms with Gasteiger partial charge in [0.2, 0.25) is 5.44 Å². The van der Waals surface area contributed by atoms with E-state index in [4.69, 9.17) is 5.11 Å². The summed E-state index contributed by atoms with van der Waals surface area (Å²) in [6, 6.07) is 0. The Hall–Kier alpha value is -0.620. The minimum Gasteiger partial charge on any atom is -0.446 e. The predicted molar refractivity (Wildman–Crippen MR) is 42.2 cm³/mol. The van der Waals surface area contributed by atoms with Gasteiger partial charge >= 0.3 is 5.97 Å². The number of aliphatic hydroxyl groups is 1. The predicted octanol–water partition coefficient (Wildman–Crippen LogP) is -0.740. The molecule has 12 heavy (non-hydrogen) atoms. The first-order chi connectivity index (χ1) is 5.61. The summed E-state index contributed by atoms with van der Waals surface area (Å²) < 4.78 is 25.3. The average molecular weight is 196 g/mol. The van der Waals surface area contributed by atoms with Gasteiger partial charge in [-0.1, -0.05) is 6.92 Å². The van der Waals surface area contributed by atoms with E-state index in [0.29, 0.717) is 0 Å². The van der Waals surface area contributed by atoms with Gasteiger partial charge in [-0.2, -0.15) is 0 Å². The highest BCUT2D eigenvalue weighted by Gasteiger charge is 2.14. The fourth-order valence-corrected chi connectivity index (χ4v) is 1.08. The van der Waals surface area contributed by atoms with E-state index in [0.717, 1.165) is 0 Å². The lowest BCUT2D eigenvalue weighted by Crippen LogP contribution is -2.20. The first kappa shape index (κ1) is 11.4. The number of aliphatic hydroxyl groups excluding tert-OH is 1. The van der Waals surface area contributed by atoms with Crippen molar-refractivity contribution in [2.24, 2.45) is 0 Å². The summed E-state index contributed by atoms with van der Waals surface area (Å²) in [5, 5.41) is 8.41. The summed E-state index contributed by atoms with van der Waals surface area (Å²) in [6.45, 7) is 1.25. The molecular formula is C6H12O5S. The third kappa shape index (κ3) is 4.30. The van der Waals surface area contributed by atoms with E-state index in [9.17, 15) is 13.2 Å². The van der Waals surface area contributed by atoms with Gasteiger partial charge in [-0.05, 0) is 0 Å². The lowest BCUT2D eigenvalue weighted by Gasteiger charge is -2.09. The first-order valence-electron chi connectivity index (χ1n) is 3.55. The summed E-state index contributed by atoms with van der Waals surface area (Å²) in [4.78, 5) is 10.6. The summed E-state index contributed by atoms with van der Waals surface area (Å²) >= 11 is 0. The summed E-state index contributed by atoms with van der Waals surface area (Å²) in [5.74, 6) is -0.576. The van der Waals surface area contributed by atoms with Gasteiger partial charge in [-0.15, -0.1) is 0 Å². The van der Waals surface area contributed by atoms with Crippen molar-refractivity contribution >= 4 is 16.7 Å². The zero-order valence-electron chi connectivity index (χ0n) is 6.73. The summed E-state index contributed by atoms with van der Waals surface area (Å²) in [7, 11) is -2.81. The van der Waals surface area contributed by atoms with E-state index < -0.39 is 22.1 Å². The van der Waals surface area contributed by atoms with Gasteiger partial charge in [-0.25, -0.2) is 8.42 Å². The molecule has 0 aliphatic rings. The molecule has 0 amide bonds. The lowest BCUT2D eigenvalue weighted by atomic mass is 10.4. The Kier molecular flexibility index (Phi) is 5.65. The largest absolute Gasteiger partial charge is 0.446 e. The maximum absolute atomic E-state index is 10.6. The molecule has 0 bridgehead atoms. The van der Waals surface area contributed by atoms with Gasteiger partial charge in [0.05, 0.1) is 0 Å². The smallest absolute Gasteiger partial charge is 0.306 e. The Balaban J connectivity index is 4.04. The van der Waals surface area contributed by atoms with Gasteiger partial charge in [-0.3, -0.25) is 4.79 Å². The average Bonchev–Trinajstić information content (AvgIpc) is 2.03. The molecule has 0 spiro atoms. The number of carbonyl (C=O) groups is 1. The topological polar surface area (TPSA) is 80.7 Å². The van der Waals surface area contributed by atoms with Crippen molar-refractivity contribution in [3.05, 3.63) is 0 Å². The molecule has 0 saturated carbocycles. The van der Waals surface area contributed by atoms with Crippen LogP contribution in [0.4, 0.5) is 0 Å². The number of hydrogen-bond donors (Lipinski definition) is 2. The molecule has 0 fully saturated rings. The van der Waals surface area contributed by atoms with E-state index in [1.807, 2.05) is 0 Å². The van der Waals surface area contributed by atoms with Crippen molar-refractivity contribution < 1.29 is 23.1 Å². The molecule has 0 aromatic rings. The SMILES string of the molecule is CCC(=O)OC(CCO)[SH](=O)=O. The monoisotopic (exact) mass is 196 g/mol. The molecule has 5 nitrogen and oxygen atoms in total. The van der Waals surface area contributed by atoms with Gasteiger partial charge in [0.25, 0.3) is 0 Å². The Morgan fingerprint density at radius 3 is 2.50 bits per heavy atom. The molecule has 1 N–H and O–H groups in total. The van der Waals surface area contributed by atoms with Gasteiger partial charge in [0, 0.05) is 19.4 Å². The third-order valence-electron chi connectivity index (χ3n) is 1.17. The van der Waals surface area contributed by atoms with Crippen molar-refractivity contribution in [1.29, 1.82) is 0 Å². The zero-order chi connectivity index (χ0) is 9.56. The van der Waals surface area contributed by atoms with Crippen LogP contribution in [0, 0.1) is 0 Å². The van der Waals surface area contributed by atoms with Crippen LogP contribution in [0.3, 0.4) is 0 Å². The lowest BCUT2D eigenvalue weighted by molar-refractivity contribution is -0.145. The van der Waals surface area contributed by atoms with E-state index in [2.05, 4.69) is 4.74 Å². The highest BCUT2D eigenvalue weighted by Crippen LogP contribution is 2.00. The zero-order valence-corrected chi connectivity index (χ0v) is 7.62. The summed E-state index contributed by atoms with van der Waals surface area (Å²) in [5.41, 5.74) is -1.18. The van der Waals surface area contributed by atoms with E-state index in [-0.39, 0.29) is 19.4 Å². The fourth-order valence-electron chi connectivity index (χ4n) is 0.553. The molecule has 0 aromatic carbocycles. The molecule has 0 aliphatic heterocycles. The van der Waals surface area contributed by atoms with Crippen molar-refractivity contribution in [1.82, 2.24) is 0 Å². The molecule has 0 aromatic heterocycles. The normalized spacial score (nSPS) is 12.9. The third-order valence-corrected chi connectivity index (χ3v) is 2.00. The standard InChI is InChI=1S/C6H12O5S/c1-2-5(8)11-6(3-4-7)12(9)10/h6-7,12H,2-4H2,1H3. The molecule has 0 aliphatic carbocycles. The number of ether oxygens (including phenoxy) is 1. The van der Waals surface area contributed by atoms with Crippen LogP contribution < -0.4 is 0 Å². The molecule has 6 heteroatoms. The first-order valence-corrected chi connectivity index (χ1v) is 4.80. The molecule has 0 radical (unpaired) electrons. The van der Waals surface area contributed by atoms with Gasteiger partial charge in [0.1, 0.15) is 0 Å². The second-order valence-electron chi connectivity index (χ2n) is 2.10. The molecule has 1 atom stereocenters. The Morgan fingerprint density at radius 2 is 2.17 bits per heavy atom. The molecule has 0 heterocycles. The molecule has 1 unspecified atom stereocenters. The molecule has 72 valence electrons. The van der Waals surface area contributed by atoms with Crippen LogP contribution in [0.5, 0.6) is 0 Å². The number of carbonyl (C=O) groups excluding carboxylic acids is 1. The highest BCUT2D eigenvalue weighted by molar-refractivity contribution is 7.73. The Morgan fingerprint density at radius 1 is 1.58 bits per heavy atom. The number of thiol groups is 1. The van der Waals surface area contributed by atoms with Crippen LogP contribution in [-0.2, 0) is 20.2 Å². The van der Waals surface area contributed by atoms with Crippen LogP contribution in [0.25, 0.3) is 0 Å². The number of rotatable bonds is 5. The van der Waals surface area contributed by atoms with E-state index in [1.165, 1.54) is 0 Å². The van der Waals surface area contributed by atoms with Crippen molar-refractivity contribution in [3.8, 4) is 0 Å². The second kappa shape index (κ2) is 5.96. The minimum absolute atomic E-state index is 0.0650. The minimum atomic E-state index is -2.81. The summed E-state index contributed by atoms with van der Waals surface area (Å²) in [6.07, 6.45) is 0.0650. The van der Waals surface area contributed by atoms with Crippen LogP contribution in [0.2, 0.25) is 0 Å². The number of hydrogen-bond acceptors (Lipinski definition) is 5. The van der Waals surface area contributed by atoms with Crippen LogP contribution >= 0.6 is 0 Å². The maximum Gasteiger partial charge on any atom is 0.306 e.